The van der Waals surface area contributed by atoms with Crippen molar-refractivity contribution in [2.45, 2.75) is 26.7 Å². The molecule has 1 unspecified atom stereocenters. The summed E-state index contributed by atoms with van der Waals surface area (Å²) in [5, 5.41) is 2.68. The van der Waals surface area contributed by atoms with Crippen molar-refractivity contribution in [3.8, 4) is 5.75 Å². The molecule has 1 N–H and O–H groups in total. The van der Waals surface area contributed by atoms with Gasteiger partial charge in [0.05, 0.1) is 18.2 Å². The van der Waals surface area contributed by atoms with Crippen LogP contribution in [-0.2, 0) is 25.5 Å². The van der Waals surface area contributed by atoms with Gasteiger partial charge in [0, 0.05) is 18.7 Å². The molecule has 1 saturated heterocycles. The summed E-state index contributed by atoms with van der Waals surface area (Å²) in [4.78, 5) is 38.5. The fourth-order valence-corrected chi connectivity index (χ4v) is 3.32. The normalized spacial score (nSPS) is 15.7. The smallest absolute Gasteiger partial charge is 0.311 e. The standard InChI is InChI=1S/C23H26N2O5/c1-3-16-9-11-18(12-10-16)25-14-17(13-22(25)27)23(28)30-15-21(26)24-19-7-5-6-8-20(19)29-4-2/h5-12,17H,3-4,13-15H2,1-2H3,(H,24,26). The number of hydrogen-bond donors (Lipinski definition) is 1. The fraction of sp³-hybridized carbons (Fsp3) is 0.348. The second-order valence-electron chi connectivity index (χ2n) is 7.01. The minimum atomic E-state index is -0.591. The van der Waals surface area contributed by atoms with Crippen molar-refractivity contribution < 1.29 is 23.9 Å². The minimum Gasteiger partial charge on any atom is -0.492 e. The van der Waals surface area contributed by atoms with Gasteiger partial charge >= 0.3 is 5.97 Å². The van der Waals surface area contributed by atoms with Gasteiger partial charge in [0.25, 0.3) is 5.91 Å². The Morgan fingerprint density at radius 1 is 1.10 bits per heavy atom. The molecule has 1 fully saturated rings. The van der Waals surface area contributed by atoms with E-state index in [1.165, 1.54) is 5.56 Å². The van der Waals surface area contributed by atoms with E-state index in [0.29, 0.717) is 18.0 Å². The average Bonchev–Trinajstić information content (AvgIpc) is 3.15. The molecule has 2 amide bonds. The predicted molar refractivity (Wildman–Crippen MR) is 113 cm³/mol. The largest absolute Gasteiger partial charge is 0.492 e. The second kappa shape index (κ2) is 9.91. The van der Waals surface area contributed by atoms with Crippen LogP contribution < -0.4 is 15.0 Å². The van der Waals surface area contributed by atoms with Crippen molar-refractivity contribution in [3.63, 3.8) is 0 Å². The van der Waals surface area contributed by atoms with E-state index in [4.69, 9.17) is 9.47 Å². The molecule has 30 heavy (non-hydrogen) atoms. The van der Waals surface area contributed by atoms with E-state index in [2.05, 4.69) is 12.2 Å². The van der Waals surface area contributed by atoms with Crippen LogP contribution >= 0.6 is 0 Å². The van der Waals surface area contributed by atoms with Crippen molar-refractivity contribution in [1.29, 1.82) is 0 Å². The first kappa shape index (κ1) is 21.4. The van der Waals surface area contributed by atoms with Crippen LogP contribution in [0.4, 0.5) is 11.4 Å². The lowest BCUT2D eigenvalue weighted by molar-refractivity contribution is -0.151. The Bertz CT molecular complexity index is 910. The van der Waals surface area contributed by atoms with Gasteiger partial charge in [-0.2, -0.15) is 0 Å². The molecule has 7 nitrogen and oxygen atoms in total. The zero-order valence-electron chi connectivity index (χ0n) is 17.2. The molecule has 7 heteroatoms. The van der Waals surface area contributed by atoms with Crippen molar-refractivity contribution in [1.82, 2.24) is 0 Å². The highest BCUT2D eigenvalue weighted by Gasteiger charge is 2.36. The third-order valence-electron chi connectivity index (χ3n) is 4.92. The minimum absolute atomic E-state index is 0.0726. The monoisotopic (exact) mass is 410 g/mol. The maximum Gasteiger partial charge on any atom is 0.311 e. The van der Waals surface area contributed by atoms with Crippen LogP contribution in [0.2, 0.25) is 0 Å². The number of nitrogens with zero attached hydrogens (tertiary/aromatic N) is 1. The lowest BCUT2D eigenvalue weighted by Gasteiger charge is -2.17. The van der Waals surface area contributed by atoms with Crippen LogP contribution in [0, 0.1) is 5.92 Å². The third-order valence-corrected chi connectivity index (χ3v) is 4.92. The zero-order chi connectivity index (χ0) is 21.5. The Kier molecular flexibility index (Phi) is 7.06. The van der Waals surface area contributed by atoms with Crippen LogP contribution in [0.3, 0.4) is 0 Å². The molecule has 158 valence electrons. The molecule has 0 saturated carbocycles. The number of para-hydroxylation sites is 2. The van der Waals surface area contributed by atoms with Crippen molar-refractivity contribution in [2.24, 2.45) is 5.92 Å². The SMILES string of the molecule is CCOc1ccccc1NC(=O)COC(=O)C1CC(=O)N(c2ccc(CC)cc2)C1. The van der Waals surface area contributed by atoms with Crippen LogP contribution in [0.25, 0.3) is 0 Å². The number of rotatable bonds is 8. The van der Waals surface area contributed by atoms with Gasteiger partial charge in [0.15, 0.2) is 6.61 Å². The summed E-state index contributed by atoms with van der Waals surface area (Å²) < 4.78 is 10.6. The van der Waals surface area contributed by atoms with E-state index in [1.54, 1.807) is 29.2 Å². The number of carbonyl (C=O) groups is 3. The molecule has 3 rings (SSSR count). The summed E-state index contributed by atoms with van der Waals surface area (Å²) in [5.41, 5.74) is 2.45. The number of carbonyl (C=O) groups excluding carboxylic acids is 3. The van der Waals surface area contributed by atoms with Crippen LogP contribution in [-0.4, -0.2) is 37.5 Å². The number of benzene rings is 2. The summed E-state index contributed by atoms with van der Waals surface area (Å²) in [6, 6.07) is 14.7. The van der Waals surface area contributed by atoms with E-state index in [0.717, 1.165) is 12.1 Å². The van der Waals surface area contributed by atoms with Crippen molar-refractivity contribution in [2.75, 3.05) is 30.0 Å². The molecule has 1 aliphatic rings. The summed E-state index contributed by atoms with van der Waals surface area (Å²) in [6.07, 6.45) is 0.990. The second-order valence-corrected chi connectivity index (χ2v) is 7.01. The van der Waals surface area contributed by atoms with Gasteiger partial charge in [-0.05, 0) is 43.2 Å². The van der Waals surface area contributed by atoms with E-state index >= 15 is 0 Å². The van der Waals surface area contributed by atoms with Gasteiger partial charge in [-0.25, -0.2) is 0 Å². The fourth-order valence-electron chi connectivity index (χ4n) is 3.32. The molecule has 0 aromatic heterocycles. The highest BCUT2D eigenvalue weighted by atomic mass is 16.5. The molecule has 0 spiro atoms. The maximum absolute atomic E-state index is 12.4. The summed E-state index contributed by atoms with van der Waals surface area (Å²) in [7, 11) is 0. The molecule has 1 aliphatic heterocycles. The topological polar surface area (TPSA) is 84.9 Å². The Morgan fingerprint density at radius 3 is 2.53 bits per heavy atom. The highest BCUT2D eigenvalue weighted by molar-refractivity contribution is 6.00. The number of hydrogen-bond acceptors (Lipinski definition) is 5. The number of ether oxygens (including phenoxy) is 2. The van der Waals surface area contributed by atoms with Gasteiger partial charge in [-0.15, -0.1) is 0 Å². The van der Waals surface area contributed by atoms with Gasteiger partial charge in [-0.1, -0.05) is 31.2 Å². The van der Waals surface area contributed by atoms with E-state index in [-0.39, 0.29) is 18.9 Å². The van der Waals surface area contributed by atoms with E-state index in [9.17, 15) is 14.4 Å². The molecule has 0 aliphatic carbocycles. The zero-order valence-corrected chi connectivity index (χ0v) is 17.2. The molecular weight excluding hydrogens is 384 g/mol. The molecule has 0 radical (unpaired) electrons. The Hall–Kier alpha value is -3.35. The van der Waals surface area contributed by atoms with Crippen LogP contribution in [0.1, 0.15) is 25.8 Å². The number of aryl methyl sites for hydroxylation is 1. The number of anilines is 2. The first-order valence-electron chi connectivity index (χ1n) is 10.1. The van der Waals surface area contributed by atoms with Gasteiger partial charge in [0.2, 0.25) is 5.91 Å². The molecule has 1 atom stereocenters. The van der Waals surface area contributed by atoms with Crippen LogP contribution in [0.15, 0.2) is 48.5 Å². The van der Waals surface area contributed by atoms with E-state index in [1.807, 2.05) is 31.2 Å². The third kappa shape index (κ3) is 5.17. The first-order chi connectivity index (χ1) is 14.5. The summed E-state index contributed by atoms with van der Waals surface area (Å²) in [6.45, 7) is 4.21. The van der Waals surface area contributed by atoms with Gasteiger partial charge in [0.1, 0.15) is 5.75 Å². The lowest BCUT2D eigenvalue weighted by atomic mass is 10.1. The molecule has 1 heterocycles. The Morgan fingerprint density at radius 2 is 1.83 bits per heavy atom. The van der Waals surface area contributed by atoms with Crippen molar-refractivity contribution in [3.05, 3.63) is 54.1 Å². The van der Waals surface area contributed by atoms with E-state index < -0.39 is 24.4 Å². The quantitative estimate of drug-likeness (QED) is 0.676. The molecular formula is C23H26N2O5. The number of nitrogens with one attached hydrogen (secondary N) is 1. The molecule has 0 bridgehead atoms. The Labute approximate surface area is 176 Å². The van der Waals surface area contributed by atoms with Crippen molar-refractivity contribution >= 4 is 29.2 Å². The van der Waals surface area contributed by atoms with Gasteiger partial charge < -0.3 is 19.7 Å². The van der Waals surface area contributed by atoms with Crippen LogP contribution in [0.5, 0.6) is 5.75 Å². The molecule has 2 aromatic carbocycles. The predicted octanol–water partition coefficient (Wildman–Crippen LogP) is 3.18. The Balaban J connectivity index is 1.52. The maximum atomic E-state index is 12.4. The first-order valence-corrected chi connectivity index (χ1v) is 10.1. The number of amides is 2. The summed E-state index contributed by atoms with van der Waals surface area (Å²) in [5.74, 6) is -1.19. The van der Waals surface area contributed by atoms with Gasteiger partial charge in [-0.3, -0.25) is 14.4 Å². The summed E-state index contributed by atoms with van der Waals surface area (Å²) >= 11 is 0. The highest BCUT2D eigenvalue weighted by Crippen LogP contribution is 2.27. The average molecular weight is 410 g/mol. The number of esters is 1. The molecule has 2 aromatic rings. The lowest BCUT2D eigenvalue weighted by Crippen LogP contribution is -2.28.